The largest absolute Gasteiger partial charge is 0.507 e. The molecule has 15 heavy (non-hydrogen) atoms. The lowest BCUT2D eigenvalue weighted by Gasteiger charge is -2.03. The van der Waals surface area contributed by atoms with E-state index in [1.807, 2.05) is 0 Å². The van der Waals surface area contributed by atoms with Gasteiger partial charge < -0.3 is 13.8 Å². The summed E-state index contributed by atoms with van der Waals surface area (Å²) in [7, 11) is -1.30. The van der Waals surface area contributed by atoms with Gasteiger partial charge in [-0.2, -0.15) is 0 Å². The molecular weight excluding hydrogens is 239 g/mol. The second kappa shape index (κ2) is 5.80. The van der Waals surface area contributed by atoms with Gasteiger partial charge in [0.15, 0.2) is 0 Å². The molecule has 82 valence electrons. The second-order valence-corrected chi connectivity index (χ2v) is 5.11. The molecule has 0 radical (unpaired) electrons. The highest BCUT2D eigenvalue weighted by Crippen LogP contribution is 2.40. The Kier molecular flexibility index (Phi) is 4.68. The zero-order chi connectivity index (χ0) is 11.3. The standard InChI is InChI=1S/C8H9O5PS/c1-12-15-14(11)13-8(10)6-4-2-3-5-7(6)9/h2-5,9,14H,1H3. The van der Waals surface area contributed by atoms with Crippen LogP contribution < -0.4 is 0 Å². The van der Waals surface area contributed by atoms with Crippen LogP contribution in [0.3, 0.4) is 0 Å². The van der Waals surface area contributed by atoms with Gasteiger partial charge in [-0.15, -0.1) is 0 Å². The van der Waals surface area contributed by atoms with Crippen molar-refractivity contribution in [3.05, 3.63) is 29.8 Å². The summed E-state index contributed by atoms with van der Waals surface area (Å²) in [6.45, 7) is 0. The van der Waals surface area contributed by atoms with Crippen LogP contribution in [0.2, 0.25) is 0 Å². The molecule has 0 spiro atoms. The summed E-state index contributed by atoms with van der Waals surface area (Å²) in [5, 5.41) is 9.29. The van der Waals surface area contributed by atoms with E-state index < -0.39 is 13.2 Å². The number of phenols is 1. The fraction of sp³-hybridized carbons (Fsp3) is 0.125. The van der Waals surface area contributed by atoms with Crippen LogP contribution in [-0.2, 0) is 13.3 Å². The molecular formula is C8H9O5PS. The van der Waals surface area contributed by atoms with E-state index >= 15 is 0 Å². The molecule has 0 amide bonds. The number of benzene rings is 1. The summed E-state index contributed by atoms with van der Waals surface area (Å²) >= 11 is 0.582. The van der Waals surface area contributed by atoms with Crippen LogP contribution in [0.4, 0.5) is 0 Å². The van der Waals surface area contributed by atoms with Gasteiger partial charge in [-0.1, -0.05) is 12.1 Å². The molecule has 0 aliphatic heterocycles. The molecule has 7 heteroatoms. The molecule has 0 saturated heterocycles. The number of carbonyl (C=O) groups is 1. The van der Waals surface area contributed by atoms with Crippen molar-refractivity contribution < 1.29 is 23.2 Å². The van der Waals surface area contributed by atoms with Crippen molar-refractivity contribution in [3.63, 3.8) is 0 Å². The lowest BCUT2D eigenvalue weighted by atomic mass is 10.2. The van der Waals surface area contributed by atoms with E-state index in [0.29, 0.717) is 11.7 Å². The number of hydrogen-bond acceptors (Lipinski definition) is 6. The molecule has 0 aliphatic carbocycles. The fourth-order valence-electron chi connectivity index (χ4n) is 0.862. The maximum atomic E-state index is 11.3. The molecule has 0 heterocycles. The van der Waals surface area contributed by atoms with E-state index in [4.69, 9.17) is 0 Å². The minimum atomic E-state index is -2.62. The number of aromatic hydroxyl groups is 1. The number of hydrogen-bond donors (Lipinski definition) is 1. The van der Waals surface area contributed by atoms with Gasteiger partial charge in [0, 0.05) is 0 Å². The third kappa shape index (κ3) is 3.58. The van der Waals surface area contributed by atoms with Crippen molar-refractivity contribution in [2.75, 3.05) is 7.11 Å². The zero-order valence-electron chi connectivity index (χ0n) is 7.80. The first-order valence-electron chi connectivity index (χ1n) is 3.90. The van der Waals surface area contributed by atoms with Gasteiger partial charge in [-0.3, -0.25) is 4.57 Å². The summed E-state index contributed by atoms with van der Waals surface area (Å²) in [6.07, 6.45) is 0. The van der Waals surface area contributed by atoms with E-state index in [0.717, 1.165) is 0 Å². The summed E-state index contributed by atoms with van der Waals surface area (Å²) < 4.78 is 20.1. The first-order chi connectivity index (χ1) is 7.15. The SMILES string of the molecule is COS[PH](=O)OC(=O)c1ccccc1O. The fourth-order valence-corrected chi connectivity index (χ4v) is 2.03. The van der Waals surface area contributed by atoms with Crippen molar-refractivity contribution in [2.45, 2.75) is 0 Å². The highest BCUT2D eigenvalue weighted by molar-refractivity contribution is 8.47. The van der Waals surface area contributed by atoms with Crippen LogP contribution in [-0.4, -0.2) is 18.2 Å². The van der Waals surface area contributed by atoms with E-state index in [9.17, 15) is 14.5 Å². The average Bonchev–Trinajstić information content (AvgIpc) is 2.18. The van der Waals surface area contributed by atoms with Gasteiger partial charge in [0.25, 0.3) is 0 Å². The van der Waals surface area contributed by atoms with E-state index in [1.165, 1.54) is 19.2 Å². The Morgan fingerprint density at radius 2 is 2.13 bits per heavy atom. The van der Waals surface area contributed by atoms with Gasteiger partial charge in [-0.25, -0.2) is 4.79 Å². The summed E-state index contributed by atoms with van der Waals surface area (Å²) in [6, 6.07) is 5.86. The predicted octanol–water partition coefficient (Wildman–Crippen LogP) is 2.23. The van der Waals surface area contributed by atoms with Crippen molar-refractivity contribution >= 4 is 24.9 Å². The first kappa shape index (κ1) is 12.1. The van der Waals surface area contributed by atoms with Crippen molar-refractivity contribution in [1.29, 1.82) is 0 Å². The Hall–Kier alpha value is -0.970. The molecule has 1 aromatic carbocycles. The molecule has 1 N–H and O–H groups in total. The Bertz CT molecular complexity index is 381. The van der Waals surface area contributed by atoms with E-state index in [-0.39, 0.29) is 11.3 Å². The molecule has 5 nitrogen and oxygen atoms in total. The Balaban J connectivity index is 2.70. The first-order valence-corrected chi connectivity index (χ1v) is 6.68. The van der Waals surface area contributed by atoms with Crippen molar-refractivity contribution in [1.82, 2.24) is 0 Å². The topological polar surface area (TPSA) is 72.8 Å². The monoisotopic (exact) mass is 248 g/mol. The summed E-state index contributed by atoms with van der Waals surface area (Å²) in [4.78, 5) is 11.3. The van der Waals surface area contributed by atoms with Gasteiger partial charge in [0.2, 0.25) is 0 Å². The van der Waals surface area contributed by atoms with Gasteiger partial charge in [-0.05, 0) is 12.1 Å². The molecule has 1 rings (SSSR count). The van der Waals surface area contributed by atoms with Crippen molar-refractivity contribution in [3.8, 4) is 5.75 Å². The number of rotatable bonds is 4. The average molecular weight is 248 g/mol. The molecule has 1 unspecified atom stereocenters. The van der Waals surface area contributed by atoms with Crippen LogP contribution in [0.15, 0.2) is 24.3 Å². The lowest BCUT2D eigenvalue weighted by molar-refractivity contribution is 0.0750. The minimum absolute atomic E-state index is 0.0208. The van der Waals surface area contributed by atoms with Crippen LogP contribution in [0, 0.1) is 0 Å². The molecule has 0 aromatic heterocycles. The smallest absolute Gasteiger partial charge is 0.347 e. The number of para-hydroxylation sites is 1. The zero-order valence-corrected chi connectivity index (χ0v) is 9.61. The maximum absolute atomic E-state index is 11.3. The third-order valence-corrected chi connectivity index (χ3v) is 3.26. The second-order valence-electron chi connectivity index (χ2n) is 2.41. The number of carbonyl (C=O) groups excluding carboxylic acids is 1. The lowest BCUT2D eigenvalue weighted by Crippen LogP contribution is -1.99. The van der Waals surface area contributed by atoms with Crippen LogP contribution >= 0.6 is 18.9 Å². The maximum Gasteiger partial charge on any atom is 0.347 e. The Morgan fingerprint density at radius 1 is 1.47 bits per heavy atom. The van der Waals surface area contributed by atoms with Gasteiger partial charge >= 0.3 is 13.2 Å². The van der Waals surface area contributed by atoms with Crippen LogP contribution in [0.5, 0.6) is 5.75 Å². The molecule has 0 fully saturated rings. The van der Waals surface area contributed by atoms with Gasteiger partial charge in [0.05, 0.1) is 18.8 Å². The highest BCUT2D eigenvalue weighted by atomic mass is 32.7. The molecule has 0 aliphatic rings. The van der Waals surface area contributed by atoms with Crippen LogP contribution in [0.25, 0.3) is 0 Å². The van der Waals surface area contributed by atoms with Crippen molar-refractivity contribution in [2.24, 2.45) is 0 Å². The molecule has 0 bridgehead atoms. The Morgan fingerprint density at radius 3 is 2.73 bits per heavy atom. The molecule has 1 atom stereocenters. The molecule has 1 aromatic rings. The summed E-state index contributed by atoms with van der Waals surface area (Å²) in [5.74, 6) is -1.04. The van der Waals surface area contributed by atoms with Gasteiger partial charge in [0.1, 0.15) is 11.3 Å². The molecule has 0 saturated carbocycles. The summed E-state index contributed by atoms with van der Waals surface area (Å²) in [5.41, 5.74) is -0.0208. The van der Waals surface area contributed by atoms with E-state index in [1.54, 1.807) is 12.1 Å². The minimum Gasteiger partial charge on any atom is -0.507 e. The highest BCUT2D eigenvalue weighted by Gasteiger charge is 2.14. The van der Waals surface area contributed by atoms with Crippen LogP contribution in [0.1, 0.15) is 10.4 Å². The normalized spacial score (nSPS) is 12.1. The van der Waals surface area contributed by atoms with E-state index in [2.05, 4.69) is 8.71 Å². The predicted molar refractivity (Wildman–Crippen MR) is 57.1 cm³/mol. The third-order valence-electron chi connectivity index (χ3n) is 1.45. The Labute approximate surface area is 91.2 Å². The quantitative estimate of drug-likeness (QED) is 0.650. The number of phenolic OH excluding ortho intramolecular Hbond substituents is 1.